The lowest BCUT2D eigenvalue weighted by atomic mass is 10.1. The van der Waals surface area contributed by atoms with Crippen molar-refractivity contribution in [3.8, 4) is 0 Å². The number of rotatable bonds is 8. The number of hydrogen-bond acceptors (Lipinski definition) is 4. The van der Waals surface area contributed by atoms with Crippen LogP contribution in [0.5, 0.6) is 0 Å². The minimum Gasteiger partial charge on any atom is -0.379 e. The van der Waals surface area contributed by atoms with Crippen LogP contribution in [-0.2, 0) is 29.2 Å². The van der Waals surface area contributed by atoms with Crippen molar-refractivity contribution in [1.29, 1.82) is 0 Å². The van der Waals surface area contributed by atoms with Crippen LogP contribution in [0, 0.1) is 5.92 Å². The third-order valence-corrected chi connectivity index (χ3v) is 6.32. The molecular weight excluding hydrogens is 400 g/mol. The number of likely N-dealkylation sites (tertiary alicyclic amines) is 1. The number of hydrogen-bond donors (Lipinski definition) is 1. The SMILES string of the molecule is CN=C(NCc1ccccc1CN1CCOCC1)N1CCC(COCc2ccccc2)C1. The fourth-order valence-corrected chi connectivity index (χ4v) is 4.47. The van der Waals surface area contributed by atoms with E-state index >= 15 is 0 Å². The summed E-state index contributed by atoms with van der Waals surface area (Å²) in [5.74, 6) is 1.53. The summed E-state index contributed by atoms with van der Waals surface area (Å²) in [5, 5.41) is 3.60. The van der Waals surface area contributed by atoms with E-state index in [9.17, 15) is 0 Å². The molecule has 4 rings (SSSR count). The molecule has 0 aromatic heterocycles. The Morgan fingerprint density at radius 2 is 1.78 bits per heavy atom. The van der Waals surface area contributed by atoms with Crippen molar-refractivity contribution in [1.82, 2.24) is 15.1 Å². The summed E-state index contributed by atoms with van der Waals surface area (Å²) < 4.78 is 11.5. The minimum atomic E-state index is 0.547. The van der Waals surface area contributed by atoms with Gasteiger partial charge in [0.1, 0.15) is 0 Å². The first-order chi connectivity index (χ1) is 15.8. The van der Waals surface area contributed by atoms with Gasteiger partial charge in [-0.05, 0) is 23.1 Å². The van der Waals surface area contributed by atoms with Gasteiger partial charge in [-0.2, -0.15) is 0 Å². The predicted octanol–water partition coefficient (Wildman–Crippen LogP) is 3.13. The Kier molecular flexibility index (Phi) is 8.54. The van der Waals surface area contributed by atoms with E-state index in [1.165, 1.54) is 16.7 Å². The van der Waals surface area contributed by atoms with Crippen LogP contribution in [0.25, 0.3) is 0 Å². The third-order valence-electron chi connectivity index (χ3n) is 6.32. The molecule has 32 heavy (non-hydrogen) atoms. The average molecular weight is 437 g/mol. The van der Waals surface area contributed by atoms with Crippen LogP contribution in [0.1, 0.15) is 23.1 Å². The van der Waals surface area contributed by atoms with E-state index in [-0.39, 0.29) is 0 Å². The summed E-state index contributed by atoms with van der Waals surface area (Å²) in [4.78, 5) is 9.39. The van der Waals surface area contributed by atoms with Crippen molar-refractivity contribution in [2.75, 3.05) is 53.0 Å². The molecule has 0 spiro atoms. The van der Waals surface area contributed by atoms with Crippen molar-refractivity contribution in [2.45, 2.75) is 26.1 Å². The van der Waals surface area contributed by atoms with Crippen LogP contribution in [0.2, 0.25) is 0 Å². The molecule has 2 aromatic rings. The van der Waals surface area contributed by atoms with Crippen molar-refractivity contribution in [2.24, 2.45) is 10.9 Å². The molecule has 2 aliphatic heterocycles. The molecule has 0 saturated carbocycles. The molecule has 2 aliphatic rings. The molecule has 6 nitrogen and oxygen atoms in total. The smallest absolute Gasteiger partial charge is 0.193 e. The molecule has 2 saturated heterocycles. The summed E-state index contributed by atoms with van der Waals surface area (Å²) in [6, 6.07) is 19.1. The van der Waals surface area contributed by atoms with E-state index in [2.05, 4.69) is 68.6 Å². The van der Waals surface area contributed by atoms with Crippen LogP contribution in [0.3, 0.4) is 0 Å². The number of nitrogens with one attached hydrogen (secondary N) is 1. The highest BCUT2D eigenvalue weighted by molar-refractivity contribution is 5.80. The minimum absolute atomic E-state index is 0.547. The van der Waals surface area contributed by atoms with E-state index in [1.807, 2.05) is 13.1 Å². The number of ether oxygens (including phenoxy) is 2. The Labute approximate surface area is 192 Å². The van der Waals surface area contributed by atoms with Gasteiger partial charge in [-0.25, -0.2) is 0 Å². The van der Waals surface area contributed by atoms with E-state index < -0.39 is 0 Å². The zero-order chi connectivity index (χ0) is 22.0. The van der Waals surface area contributed by atoms with Crippen LogP contribution in [0.15, 0.2) is 59.6 Å². The number of benzene rings is 2. The second-order valence-corrected chi connectivity index (χ2v) is 8.66. The normalized spacial score (nSPS) is 20.0. The highest BCUT2D eigenvalue weighted by Crippen LogP contribution is 2.18. The van der Waals surface area contributed by atoms with Gasteiger partial charge in [0.25, 0.3) is 0 Å². The lowest BCUT2D eigenvalue weighted by molar-refractivity contribution is 0.0341. The van der Waals surface area contributed by atoms with Gasteiger partial charge in [-0.3, -0.25) is 9.89 Å². The van der Waals surface area contributed by atoms with Crippen molar-refractivity contribution < 1.29 is 9.47 Å². The molecule has 0 bridgehead atoms. The van der Waals surface area contributed by atoms with E-state index in [0.717, 1.165) is 71.5 Å². The van der Waals surface area contributed by atoms with Crippen LogP contribution >= 0.6 is 0 Å². The number of nitrogens with zero attached hydrogens (tertiary/aromatic N) is 3. The van der Waals surface area contributed by atoms with Gasteiger partial charge >= 0.3 is 0 Å². The molecule has 1 unspecified atom stereocenters. The summed E-state index contributed by atoms with van der Waals surface area (Å²) in [7, 11) is 1.88. The van der Waals surface area contributed by atoms with Gasteiger partial charge in [0.05, 0.1) is 26.4 Å². The van der Waals surface area contributed by atoms with Gasteiger partial charge in [0.15, 0.2) is 5.96 Å². The zero-order valence-electron chi connectivity index (χ0n) is 19.2. The summed E-state index contributed by atoms with van der Waals surface area (Å²) in [5.41, 5.74) is 3.95. The standard InChI is InChI=1S/C26H36N4O2/c1-27-26(30-12-11-23(18-30)21-32-20-22-7-3-2-4-8-22)28-17-24-9-5-6-10-25(24)19-29-13-15-31-16-14-29/h2-10,23H,11-21H2,1H3,(H,27,28). The van der Waals surface area contributed by atoms with Crippen molar-refractivity contribution in [3.05, 3.63) is 71.3 Å². The molecule has 0 aliphatic carbocycles. The van der Waals surface area contributed by atoms with Crippen molar-refractivity contribution in [3.63, 3.8) is 0 Å². The van der Waals surface area contributed by atoms with Crippen molar-refractivity contribution >= 4 is 5.96 Å². The lowest BCUT2D eigenvalue weighted by Gasteiger charge is -2.28. The highest BCUT2D eigenvalue weighted by Gasteiger charge is 2.25. The molecule has 6 heteroatoms. The average Bonchev–Trinajstić information content (AvgIpc) is 3.30. The van der Waals surface area contributed by atoms with Gasteiger partial charge in [-0.1, -0.05) is 54.6 Å². The van der Waals surface area contributed by atoms with Gasteiger partial charge < -0.3 is 19.7 Å². The maximum absolute atomic E-state index is 5.98. The molecular formula is C26H36N4O2. The molecule has 1 N–H and O–H groups in total. The first-order valence-corrected chi connectivity index (χ1v) is 11.8. The second kappa shape index (κ2) is 12.0. The Hall–Kier alpha value is -2.41. The summed E-state index contributed by atoms with van der Waals surface area (Å²) in [6.45, 7) is 8.93. The Bertz CT molecular complexity index is 852. The molecule has 2 fully saturated rings. The summed E-state index contributed by atoms with van der Waals surface area (Å²) >= 11 is 0. The Morgan fingerprint density at radius 1 is 1.03 bits per heavy atom. The van der Waals surface area contributed by atoms with Gasteiger partial charge in [0, 0.05) is 52.2 Å². The number of guanidine groups is 1. The monoisotopic (exact) mass is 436 g/mol. The quantitative estimate of drug-likeness (QED) is 0.509. The molecule has 0 radical (unpaired) electrons. The van der Waals surface area contributed by atoms with E-state index in [4.69, 9.17) is 9.47 Å². The second-order valence-electron chi connectivity index (χ2n) is 8.66. The molecule has 1 atom stereocenters. The molecule has 172 valence electrons. The maximum atomic E-state index is 5.98. The highest BCUT2D eigenvalue weighted by atomic mass is 16.5. The number of morpholine rings is 1. The van der Waals surface area contributed by atoms with E-state index in [1.54, 1.807) is 0 Å². The molecule has 2 aromatic carbocycles. The van der Waals surface area contributed by atoms with E-state index in [0.29, 0.717) is 12.5 Å². The van der Waals surface area contributed by atoms with Gasteiger partial charge in [0.2, 0.25) is 0 Å². The Morgan fingerprint density at radius 3 is 2.56 bits per heavy atom. The van der Waals surface area contributed by atoms with Crippen LogP contribution < -0.4 is 5.32 Å². The summed E-state index contributed by atoms with van der Waals surface area (Å²) in [6.07, 6.45) is 1.14. The largest absolute Gasteiger partial charge is 0.379 e. The Balaban J connectivity index is 1.24. The fourth-order valence-electron chi connectivity index (χ4n) is 4.47. The molecule has 2 heterocycles. The lowest BCUT2D eigenvalue weighted by Crippen LogP contribution is -2.40. The third kappa shape index (κ3) is 6.55. The fraction of sp³-hybridized carbons (Fsp3) is 0.500. The number of aliphatic imine (C=N–C) groups is 1. The topological polar surface area (TPSA) is 49.3 Å². The first kappa shape index (κ1) is 22.8. The molecule has 0 amide bonds. The zero-order valence-corrected chi connectivity index (χ0v) is 19.2. The maximum Gasteiger partial charge on any atom is 0.193 e. The predicted molar refractivity (Wildman–Crippen MR) is 129 cm³/mol. The first-order valence-electron chi connectivity index (χ1n) is 11.8. The van der Waals surface area contributed by atoms with Crippen LogP contribution in [0.4, 0.5) is 0 Å². The van der Waals surface area contributed by atoms with Gasteiger partial charge in [-0.15, -0.1) is 0 Å². The van der Waals surface area contributed by atoms with Crippen LogP contribution in [-0.4, -0.2) is 68.8 Å².